The van der Waals surface area contributed by atoms with E-state index in [1.807, 2.05) is 6.92 Å². The number of amides is 1. The third-order valence-electron chi connectivity index (χ3n) is 3.92. The Labute approximate surface area is 104 Å². The molecule has 2 fully saturated rings. The molecule has 1 amide bonds. The molecule has 0 radical (unpaired) electrons. The Morgan fingerprint density at radius 1 is 1.35 bits per heavy atom. The van der Waals surface area contributed by atoms with Crippen LogP contribution in [0.4, 0.5) is 0 Å². The Balaban J connectivity index is 1.65. The van der Waals surface area contributed by atoms with E-state index < -0.39 is 0 Å². The first-order valence-electron chi connectivity index (χ1n) is 6.97. The predicted octanol–water partition coefficient (Wildman–Crippen LogP) is 0.714. The maximum Gasteiger partial charge on any atom is 0.237 e. The van der Waals surface area contributed by atoms with Gasteiger partial charge in [-0.15, -0.1) is 0 Å². The van der Waals surface area contributed by atoms with E-state index in [0.717, 1.165) is 31.8 Å². The van der Waals surface area contributed by atoms with Crippen LogP contribution in [-0.4, -0.2) is 42.5 Å². The molecular weight excluding hydrogens is 214 g/mol. The van der Waals surface area contributed by atoms with Crippen molar-refractivity contribution in [2.45, 2.75) is 51.1 Å². The zero-order valence-corrected chi connectivity index (χ0v) is 10.8. The fourth-order valence-electron chi connectivity index (χ4n) is 2.42. The van der Waals surface area contributed by atoms with Gasteiger partial charge in [0.2, 0.25) is 5.91 Å². The maximum absolute atomic E-state index is 11.7. The molecule has 1 saturated heterocycles. The van der Waals surface area contributed by atoms with Crippen molar-refractivity contribution in [3.8, 4) is 0 Å². The SMILES string of the molecule is CC[C@H](N)C(=O)NC1CCN(CC2CC2)CC1. The van der Waals surface area contributed by atoms with Crippen LogP contribution in [0.2, 0.25) is 0 Å². The molecule has 1 aliphatic carbocycles. The number of piperidine rings is 1. The minimum absolute atomic E-state index is 0.0214. The van der Waals surface area contributed by atoms with Crippen LogP contribution in [0.1, 0.15) is 39.0 Å². The Bertz CT molecular complexity index is 257. The van der Waals surface area contributed by atoms with Gasteiger partial charge in [0.05, 0.1) is 6.04 Å². The minimum atomic E-state index is -0.334. The van der Waals surface area contributed by atoms with Crippen molar-refractivity contribution in [3.05, 3.63) is 0 Å². The lowest BCUT2D eigenvalue weighted by molar-refractivity contribution is -0.123. The number of rotatable bonds is 5. The summed E-state index contributed by atoms with van der Waals surface area (Å²) in [6, 6.07) is 0.00930. The second-order valence-corrected chi connectivity index (χ2v) is 5.54. The van der Waals surface area contributed by atoms with Crippen LogP contribution in [0, 0.1) is 5.92 Å². The lowest BCUT2D eigenvalue weighted by Crippen LogP contribution is -2.49. The highest BCUT2D eigenvalue weighted by Gasteiger charge is 2.27. The van der Waals surface area contributed by atoms with Crippen LogP contribution in [0.25, 0.3) is 0 Å². The molecule has 2 aliphatic rings. The van der Waals surface area contributed by atoms with Gasteiger partial charge in [0.15, 0.2) is 0 Å². The van der Waals surface area contributed by atoms with Crippen molar-refractivity contribution >= 4 is 5.91 Å². The summed E-state index contributed by atoms with van der Waals surface area (Å²) >= 11 is 0. The molecule has 98 valence electrons. The first-order chi connectivity index (χ1) is 8.19. The molecule has 0 spiro atoms. The molecule has 2 rings (SSSR count). The number of hydrogen-bond acceptors (Lipinski definition) is 3. The first-order valence-corrected chi connectivity index (χ1v) is 6.97. The molecule has 4 nitrogen and oxygen atoms in total. The third kappa shape index (κ3) is 3.96. The average molecular weight is 239 g/mol. The zero-order chi connectivity index (χ0) is 12.3. The summed E-state index contributed by atoms with van der Waals surface area (Å²) < 4.78 is 0. The van der Waals surface area contributed by atoms with E-state index >= 15 is 0 Å². The molecule has 0 unspecified atom stereocenters. The van der Waals surface area contributed by atoms with Gasteiger partial charge >= 0.3 is 0 Å². The van der Waals surface area contributed by atoms with Crippen LogP contribution < -0.4 is 11.1 Å². The molecule has 0 aromatic heterocycles. The average Bonchev–Trinajstić information content (AvgIpc) is 3.14. The van der Waals surface area contributed by atoms with Gasteiger partial charge in [-0.25, -0.2) is 0 Å². The van der Waals surface area contributed by atoms with Gasteiger partial charge in [0, 0.05) is 25.7 Å². The van der Waals surface area contributed by atoms with Crippen LogP contribution in [0.5, 0.6) is 0 Å². The van der Waals surface area contributed by atoms with Gasteiger partial charge in [-0.2, -0.15) is 0 Å². The summed E-state index contributed by atoms with van der Waals surface area (Å²) in [4.78, 5) is 14.2. The van der Waals surface area contributed by atoms with Gasteiger partial charge in [0.1, 0.15) is 0 Å². The van der Waals surface area contributed by atoms with Crippen LogP contribution >= 0.6 is 0 Å². The molecule has 3 N–H and O–H groups in total. The summed E-state index contributed by atoms with van der Waals surface area (Å²) in [6.45, 7) is 5.48. The summed E-state index contributed by atoms with van der Waals surface area (Å²) in [5.74, 6) is 0.989. The molecule has 0 aromatic carbocycles. The number of nitrogens with one attached hydrogen (secondary N) is 1. The van der Waals surface area contributed by atoms with Crippen molar-refractivity contribution in [1.82, 2.24) is 10.2 Å². The molecule has 0 bridgehead atoms. The highest BCUT2D eigenvalue weighted by Crippen LogP contribution is 2.30. The third-order valence-corrected chi connectivity index (χ3v) is 3.92. The molecule has 1 atom stereocenters. The van der Waals surface area contributed by atoms with Crippen molar-refractivity contribution in [2.24, 2.45) is 11.7 Å². The monoisotopic (exact) mass is 239 g/mol. The van der Waals surface area contributed by atoms with Crippen molar-refractivity contribution in [1.29, 1.82) is 0 Å². The van der Waals surface area contributed by atoms with Gasteiger partial charge in [-0.1, -0.05) is 6.92 Å². The molecule has 17 heavy (non-hydrogen) atoms. The molecule has 1 heterocycles. The van der Waals surface area contributed by atoms with Crippen LogP contribution in [0.15, 0.2) is 0 Å². The van der Waals surface area contributed by atoms with Crippen molar-refractivity contribution in [3.63, 3.8) is 0 Å². The lowest BCUT2D eigenvalue weighted by Gasteiger charge is -2.32. The summed E-state index contributed by atoms with van der Waals surface area (Å²) in [5, 5.41) is 3.07. The van der Waals surface area contributed by atoms with E-state index in [0.29, 0.717) is 12.5 Å². The van der Waals surface area contributed by atoms with Gasteiger partial charge < -0.3 is 16.0 Å². The largest absolute Gasteiger partial charge is 0.352 e. The van der Waals surface area contributed by atoms with E-state index in [1.165, 1.54) is 19.4 Å². The van der Waals surface area contributed by atoms with E-state index in [2.05, 4.69) is 10.2 Å². The van der Waals surface area contributed by atoms with Gasteiger partial charge in [0.25, 0.3) is 0 Å². The van der Waals surface area contributed by atoms with E-state index in [-0.39, 0.29) is 11.9 Å². The molecule has 1 aliphatic heterocycles. The molecule has 1 saturated carbocycles. The topological polar surface area (TPSA) is 58.4 Å². The highest BCUT2D eigenvalue weighted by molar-refractivity contribution is 5.81. The number of carbonyl (C=O) groups is 1. The highest BCUT2D eigenvalue weighted by atomic mass is 16.2. The van der Waals surface area contributed by atoms with Crippen LogP contribution in [0.3, 0.4) is 0 Å². The number of likely N-dealkylation sites (tertiary alicyclic amines) is 1. The van der Waals surface area contributed by atoms with E-state index in [4.69, 9.17) is 5.73 Å². The van der Waals surface area contributed by atoms with Crippen molar-refractivity contribution < 1.29 is 4.79 Å². The summed E-state index contributed by atoms with van der Waals surface area (Å²) in [7, 11) is 0. The standard InChI is InChI=1S/C13H25N3O/c1-2-12(14)13(17)15-11-5-7-16(8-6-11)9-10-3-4-10/h10-12H,2-9,14H2,1H3,(H,15,17)/t12-/m0/s1. The number of nitrogens with two attached hydrogens (primary N) is 1. The van der Waals surface area contributed by atoms with E-state index in [1.54, 1.807) is 0 Å². The Kier molecular flexibility index (Phi) is 4.40. The Morgan fingerprint density at radius 3 is 2.53 bits per heavy atom. The first kappa shape index (κ1) is 12.8. The quantitative estimate of drug-likeness (QED) is 0.743. The smallest absolute Gasteiger partial charge is 0.237 e. The Morgan fingerprint density at radius 2 is 2.00 bits per heavy atom. The fourth-order valence-corrected chi connectivity index (χ4v) is 2.42. The second kappa shape index (κ2) is 5.83. The maximum atomic E-state index is 11.7. The van der Waals surface area contributed by atoms with E-state index in [9.17, 15) is 4.79 Å². The second-order valence-electron chi connectivity index (χ2n) is 5.54. The Hall–Kier alpha value is -0.610. The number of hydrogen-bond donors (Lipinski definition) is 2. The minimum Gasteiger partial charge on any atom is -0.352 e. The summed E-state index contributed by atoms with van der Waals surface area (Å²) in [6.07, 6.45) is 5.71. The fraction of sp³-hybridized carbons (Fsp3) is 0.923. The predicted molar refractivity (Wildman–Crippen MR) is 68.6 cm³/mol. The van der Waals surface area contributed by atoms with Crippen molar-refractivity contribution in [2.75, 3.05) is 19.6 Å². The number of carbonyl (C=O) groups excluding carboxylic acids is 1. The molecule has 0 aromatic rings. The normalized spacial score (nSPS) is 24.6. The zero-order valence-electron chi connectivity index (χ0n) is 10.8. The lowest BCUT2D eigenvalue weighted by atomic mass is 10.0. The van der Waals surface area contributed by atoms with Gasteiger partial charge in [-0.3, -0.25) is 4.79 Å². The van der Waals surface area contributed by atoms with Crippen LogP contribution in [-0.2, 0) is 4.79 Å². The molecular formula is C13H25N3O. The van der Waals surface area contributed by atoms with Gasteiger partial charge in [-0.05, 0) is 38.0 Å². The number of nitrogens with zero attached hydrogens (tertiary/aromatic N) is 1. The molecule has 4 heteroatoms. The summed E-state index contributed by atoms with van der Waals surface area (Å²) in [5.41, 5.74) is 5.71.